The van der Waals surface area contributed by atoms with Gasteiger partial charge >= 0.3 is 0 Å². The molecule has 0 aliphatic rings. The Morgan fingerprint density at radius 1 is 1.19 bits per heavy atom. The Morgan fingerprint density at radius 2 is 2.00 bits per heavy atom. The van der Waals surface area contributed by atoms with Gasteiger partial charge in [-0.3, -0.25) is 9.69 Å². The second-order valence-corrected chi connectivity index (χ2v) is 6.17. The Kier molecular flexibility index (Phi) is 5.76. The average molecular weight is 349 g/mol. The third-order valence-electron chi connectivity index (χ3n) is 4.31. The third-order valence-corrected chi connectivity index (χ3v) is 4.31. The predicted molar refractivity (Wildman–Crippen MR) is 102 cm³/mol. The van der Waals surface area contributed by atoms with Gasteiger partial charge in [-0.05, 0) is 36.9 Å². The molecule has 0 fully saturated rings. The van der Waals surface area contributed by atoms with Crippen molar-refractivity contribution < 1.29 is 4.79 Å². The van der Waals surface area contributed by atoms with E-state index < -0.39 is 0 Å². The molecular formula is C20H23N5O. The van der Waals surface area contributed by atoms with Crippen LogP contribution in [0.4, 0.5) is 5.69 Å². The molecule has 1 amide bonds. The second-order valence-electron chi connectivity index (χ2n) is 6.17. The number of rotatable bonds is 7. The van der Waals surface area contributed by atoms with Crippen LogP contribution in [0.3, 0.4) is 0 Å². The summed E-state index contributed by atoms with van der Waals surface area (Å²) in [5.41, 5.74) is 2.81. The molecule has 0 aliphatic heterocycles. The zero-order valence-electron chi connectivity index (χ0n) is 15.0. The summed E-state index contributed by atoms with van der Waals surface area (Å²) in [6.07, 6.45) is 3.18. The number of carbonyl (C=O) groups is 1. The van der Waals surface area contributed by atoms with Crippen molar-refractivity contribution in [3.05, 3.63) is 78.4 Å². The van der Waals surface area contributed by atoms with E-state index in [0.717, 1.165) is 23.4 Å². The number of anilines is 1. The van der Waals surface area contributed by atoms with Crippen LogP contribution in [-0.2, 0) is 11.3 Å². The number of likely N-dealkylation sites (N-methyl/N-ethyl adjacent to an activating group) is 1. The molecule has 1 N–H and O–H groups in total. The summed E-state index contributed by atoms with van der Waals surface area (Å²) in [7, 11) is 1.96. The lowest BCUT2D eigenvalue weighted by molar-refractivity contribution is -0.121. The SMILES string of the molecule is CCN(C)C(C(=O)Nc1cccc(Cn2cncn2)c1)c1ccccc1. The van der Waals surface area contributed by atoms with Gasteiger partial charge in [0.25, 0.3) is 0 Å². The minimum atomic E-state index is -0.333. The molecule has 1 heterocycles. The molecule has 0 radical (unpaired) electrons. The highest BCUT2D eigenvalue weighted by Crippen LogP contribution is 2.22. The molecule has 1 unspecified atom stereocenters. The van der Waals surface area contributed by atoms with Crippen LogP contribution in [-0.4, -0.2) is 39.2 Å². The summed E-state index contributed by atoms with van der Waals surface area (Å²) in [5, 5.41) is 7.17. The van der Waals surface area contributed by atoms with E-state index >= 15 is 0 Å². The van der Waals surface area contributed by atoms with Crippen LogP contribution < -0.4 is 5.32 Å². The molecule has 0 aliphatic carbocycles. The molecule has 1 aromatic heterocycles. The molecule has 0 saturated carbocycles. The van der Waals surface area contributed by atoms with Crippen molar-refractivity contribution in [1.82, 2.24) is 19.7 Å². The second kappa shape index (κ2) is 8.40. The van der Waals surface area contributed by atoms with E-state index in [1.165, 1.54) is 6.33 Å². The maximum atomic E-state index is 13.0. The molecule has 3 rings (SSSR count). The fourth-order valence-corrected chi connectivity index (χ4v) is 2.88. The summed E-state index contributed by atoms with van der Waals surface area (Å²) in [4.78, 5) is 18.9. The lowest BCUT2D eigenvalue weighted by Gasteiger charge is -2.26. The van der Waals surface area contributed by atoms with Gasteiger partial charge in [0.15, 0.2) is 0 Å². The van der Waals surface area contributed by atoms with Crippen molar-refractivity contribution in [2.24, 2.45) is 0 Å². The van der Waals surface area contributed by atoms with Crippen LogP contribution in [0.5, 0.6) is 0 Å². The number of aromatic nitrogens is 3. The number of benzene rings is 2. The first-order chi connectivity index (χ1) is 12.7. The van der Waals surface area contributed by atoms with Crippen molar-refractivity contribution >= 4 is 11.6 Å². The molecule has 3 aromatic rings. The Hall–Kier alpha value is -2.99. The molecule has 134 valence electrons. The van der Waals surface area contributed by atoms with Gasteiger partial charge in [-0.25, -0.2) is 9.67 Å². The topological polar surface area (TPSA) is 63.1 Å². The maximum absolute atomic E-state index is 13.0. The van der Waals surface area contributed by atoms with Crippen molar-refractivity contribution in [1.29, 1.82) is 0 Å². The van der Waals surface area contributed by atoms with Crippen molar-refractivity contribution in [3.8, 4) is 0 Å². The first-order valence-electron chi connectivity index (χ1n) is 8.64. The van der Waals surface area contributed by atoms with Gasteiger partial charge < -0.3 is 5.32 Å². The standard InChI is InChI=1S/C20H23N5O/c1-3-24(2)19(17-9-5-4-6-10-17)20(26)23-18-11-7-8-16(12-18)13-25-15-21-14-22-25/h4-12,14-15,19H,3,13H2,1-2H3,(H,23,26). The van der Waals surface area contributed by atoms with Crippen LogP contribution in [0.25, 0.3) is 0 Å². The Balaban J connectivity index is 1.77. The first kappa shape index (κ1) is 17.8. The van der Waals surface area contributed by atoms with Crippen molar-refractivity contribution in [3.63, 3.8) is 0 Å². The van der Waals surface area contributed by atoms with Gasteiger partial charge in [0.1, 0.15) is 18.7 Å². The quantitative estimate of drug-likeness (QED) is 0.712. The monoisotopic (exact) mass is 349 g/mol. The normalized spacial score (nSPS) is 12.1. The van der Waals surface area contributed by atoms with Crippen molar-refractivity contribution in [2.45, 2.75) is 19.5 Å². The number of hydrogen-bond donors (Lipinski definition) is 1. The maximum Gasteiger partial charge on any atom is 0.246 e. The summed E-state index contributed by atoms with van der Waals surface area (Å²) in [6, 6.07) is 17.3. The highest BCUT2D eigenvalue weighted by molar-refractivity contribution is 5.95. The molecule has 6 heteroatoms. The number of nitrogens with zero attached hydrogens (tertiary/aromatic N) is 4. The molecule has 0 spiro atoms. The Bertz CT molecular complexity index is 832. The number of hydrogen-bond acceptors (Lipinski definition) is 4. The number of nitrogens with one attached hydrogen (secondary N) is 1. The van der Waals surface area contributed by atoms with Gasteiger partial charge in [-0.2, -0.15) is 5.10 Å². The molecule has 26 heavy (non-hydrogen) atoms. The predicted octanol–water partition coefficient (Wildman–Crippen LogP) is 2.96. The highest BCUT2D eigenvalue weighted by Gasteiger charge is 2.24. The van der Waals surface area contributed by atoms with E-state index in [1.807, 2.05) is 73.5 Å². The molecular weight excluding hydrogens is 326 g/mol. The van der Waals surface area contributed by atoms with E-state index in [9.17, 15) is 4.79 Å². The van der Waals surface area contributed by atoms with Crippen LogP contribution in [0.15, 0.2) is 67.3 Å². The first-order valence-corrected chi connectivity index (χ1v) is 8.64. The van der Waals surface area contributed by atoms with E-state index in [4.69, 9.17) is 0 Å². The van der Waals surface area contributed by atoms with Gasteiger partial charge in [0.2, 0.25) is 5.91 Å². The van der Waals surface area contributed by atoms with Crippen LogP contribution in [0, 0.1) is 0 Å². The summed E-state index contributed by atoms with van der Waals surface area (Å²) in [6.45, 7) is 3.43. The summed E-state index contributed by atoms with van der Waals surface area (Å²) < 4.78 is 1.75. The van der Waals surface area contributed by atoms with Gasteiger partial charge in [-0.1, -0.05) is 49.4 Å². The zero-order chi connectivity index (χ0) is 18.4. The van der Waals surface area contributed by atoms with Crippen LogP contribution in [0.1, 0.15) is 24.1 Å². The lowest BCUT2D eigenvalue weighted by Crippen LogP contribution is -2.34. The van der Waals surface area contributed by atoms with Crippen molar-refractivity contribution in [2.75, 3.05) is 18.9 Å². The van der Waals surface area contributed by atoms with Gasteiger partial charge in [0, 0.05) is 5.69 Å². The molecule has 0 bridgehead atoms. The molecule has 2 aromatic carbocycles. The molecule has 6 nitrogen and oxygen atoms in total. The van der Waals surface area contributed by atoms with Gasteiger partial charge in [0.05, 0.1) is 6.54 Å². The average Bonchev–Trinajstić information content (AvgIpc) is 3.16. The lowest BCUT2D eigenvalue weighted by atomic mass is 10.0. The smallest absolute Gasteiger partial charge is 0.246 e. The number of carbonyl (C=O) groups excluding carboxylic acids is 1. The number of amides is 1. The van der Waals surface area contributed by atoms with Crippen LogP contribution in [0.2, 0.25) is 0 Å². The zero-order valence-corrected chi connectivity index (χ0v) is 15.0. The molecule has 0 saturated heterocycles. The summed E-state index contributed by atoms with van der Waals surface area (Å²) in [5.74, 6) is -0.0431. The summed E-state index contributed by atoms with van der Waals surface area (Å²) >= 11 is 0. The van der Waals surface area contributed by atoms with E-state index in [-0.39, 0.29) is 11.9 Å². The minimum Gasteiger partial charge on any atom is -0.324 e. The Labute approximate surface area is 153 Å². The largest absolute Gasteiger partial charge is 0.324 e. The minimum absolute atomic E-state index is 0.0431. The van der Waals surface area contributed by atoms with E-state index in [2.05, 4.69) is 15.4 Å². The van der Waals surface area contributed by atoms with Crippen LogP contribution >= 0.6 is 0 Å². The van der Waals surface area contributed by atoms with E-state index in [0.29, 0.717) is 6.54 Å². The van der Waals surface area contributed by atoms with E-state index in [1.54, 1.807) is 11.0 Å². The highest BCUT2D eigenvalue weighted by atomic mass is 16.2. The van der Waals surface area contributed by atoms with Gasteiger partial charge in [-0.15, -0.1) is 0 Å². The third kappa shape index (κ3) is 4.34. The fraction of sp³-hybridized carbons (Fsp3) is 0.250. The fourth-order valence-electron chi connectivity index (χ4n) is 2.88. The molecule has 1 atom stereocenters. The Morgan fingerprint density at radius 3 is 2.69 bits per heavy atom.